The molecule has 250 valence electrons. The number of benzene rings is 2. The monoisotopic (exact) mass is 649 g/mol. The summed E-state index contributed by atoms with van der Waals surface area (Å²) in [6.45, 7) is 6.99. The predicted molar refractivity (Wildman–Crippen MR) is 176 cm³/mol. The number of ether oxygens (including phenoxy) is 1. The lowest BCUT2D eigenvalue weighted by molar-refractivity contribution is -0.126. The number of piperazine rings is 1. The van der Waals surface area contributed by atoms with Crippen molar-refractivity contribution in [1.82, 2.24) is 24.7 Å². The number of carbonyl (C=O) groups excluding carboxylic acids is 1. The SMILES string of the molecule is Cc1cccc2cccc(N3CCc4c(nc(OC[C@@H]5CC(F)(F)CN5C)nc4N4CCN(C(=O)/C=C/CN5CC(F)C5)CC4)C3)c12. The van der Waals surface area contributed by atoms with Gasteiger partial charge in [0, 0.05) is 87.5 Å². The Morgan fingerprint density at radius 2 is 1.81 bits per heavy atom. The van der Waals surface area contributed by atoms with E-state index in [9.17, 15) is 18.0 Å². The van der Waals surface area contributed by atoms with E-state index in [2.05, 4.69) is 53.1 Å². The van der Waals surface area contributed by atoms with Crippen molar-refractivity contribution < 1.29 is 22.7 Å². The third-order valence-electron chi connectivity index (χ3n) is 9.93. The van der Waals surface area contributed by atoms with Gasteiger partial charge in [0.15, 0.2) is 0 Å². The second-order valence-electron chi connectivity index (χ2n) is 13.3. The van der Waals surface area contributed by atoms with Gasteiger partial charge in [-0.15, -0.1) is 0 Å². The van der Waals surface area contributed by atoms with Gasteiger partial charge >= 0.3 is 6.01 Å². The van der Waals surface area contributed by atoms with Crippen LogP contribution in [-0.4, -0.2) is 121 Å². The summed E-state index contributed by atoms with van der Waals surface area (Å²) in [4.78, 5) is 32.6. The molecule has 1 aromatic heterocycles. The fourth-order valence-electron chi connectivity index (χ4n) is 7.31. The first kappa shape index (κ1) is 31.7. The van der Waals surface area contributed by atoms with Gasteiger partial charge < -0.3 is 19.4 Å². The zero-order valence-electron chi connectivity index (χ0n) is 27.0. The van der Waals surface area contributed by atoms with Crippen LogP contribution in [0.4, 0.5) is 24.7 Å². The van der Waals surface area contributed by atoms with Gasteiger partial charge in [0.05, 0.1) is 18.8 Å². The van der Waals surface area contributed by atoms with Crippen molar-refractivity contribution in [2.75, 3.05) is 82.4 Å². The number of likely N-dealkylation sites (N-methyl/N-ethyl adjacent to an activating group) is 1. The molecule has 47 heavy (non-hydrogen) atoms. The van der Waals surface area contributed by atoms with Crippen molar-refractivity contribution in [2.45, 2.75) is 44.4 Å². The Labute approximate surface area is 273 Å². The van der Waals surface area contributed by atoms with Crippen molar-refractivity contribution in [2.24, 2.45) is 0 Å². The van der Waals surface area contributed by atoms with Crippen molar-refractivity contribution in [3.05, 3.63) is 65.4 Å². The van der Waals surface area contributed by atoms with Gasteiger partial charge in [-0.2, -0.15) is 9.97 Å². The standard InChI is InChI=1S/C35H42F3N7O2/c1-24-6-3-7-25-8-4-9-30(32(24)25)45-13-11-28-29(21-45)39-34(47-22-27-18-35(37,38)23-41(27)2)40-33(28)44-16-14-43(15-17-44)31(46)10-5-12-42-19-26(36)20-42/h3-10,26-27H,11-23H2,1-2H3/b10-5+/t27-/m0/s1. The highest BCUT2D eigenvalue weighted by Gasteiger charge is 2.43. The Kier molecular flexibility index (Phi) is 8.73. The lowest BCUT2D eigenvalue weighted by Crippen LogP contribution is -2.49. The fourth-order valence-corrected chi connectivity index (χ4v) is 7.31. The number of halogens is 3. The Hall–Kier alpha value is -3.90. The van der Waals surface area contributed by atoms with Gasteiger partial charge in [-0.1, -0.05) is 36.4 Å². The van der Waals surface area contributed by atoms with Crippen LogP contribution in [0.1, 0.15) is 23.2 Å². The number of alkyl halides is 3. The zero-order chi connectivity index (χ0) is 32.7. The first-order chi connectivity index (χ1) is 22.6. The van der Waals surface area contributed by atoms with Crippen LogP contribution in [0, 0.1) is 6.92 Å². The highest BCUT2D eigenvalue weighted by Crippen LogP contribution is 2.36. The molecule has 0 bridgehead atoms. The number of fused-ring (bicyclic) bond motifs is 2. The molecule has 5 heterocycles. The van der Waals surface area contributed by atoms with Crippen molar-refractivity contribution >= 4 is 28.2 Å². The van der Waals surface area contributed by atoms with Gasteiger partial charge in [-0.05, 0) is 37.4 Å². The molecule has 0 unspecified atom stereocenters. The molecule has 1 atom stereocenters. The number of hydrogen-bond acceptors (Lipinski definition) is 8. The van der Waals surface area contributed by atoms with E-state index in [0.29, 0.717) is 52.4 Å². The summed E-state index contributed by atoms with van der Waals surface area (Å²) in [6.07, 6.45) is 3.13. The second kappa shape index (κ2) is 13.0. The Morgan fingerprint density at radius 3 is 2.53 bits per heavy atom. The van der Waals surface area contributed by atoms with Crippen molar-refractivity contribution in [3.63, 3.8) is 0 Å². The molecule has 0 spiro atoms. The minimum Gasteiger partial charge on any atom is -0.462 e. The van der Waals surface area contributed by atoms with E-state index >= 15 is 0 Å². The number of aromatic nitrogens is 2. The van der Waals surface area contributed by atoms with Gasteiger partial charge in [0.2, 0.25) is 5.91 Å². The quantitative estimate of drug-likeness (QED) is 0.339. The van der Waals surface area contributed by atoms with E-state index < -0.39 is 18.1 Å². The molecule has 7 rings (SSSR count). The third kappa shape index (κ3) is 6.76. The van der Waals surface area contributed by atoms with Crippen LogP contribution < -0.4 is 14.5 Å². The maximum absolute atomic E-state index is 14.1. The second-order valence-corrected chi connectivity index (χ2v) is 13.3. The number of aryl methyl sites for hydroxylation is 1. The minimum absolute atomic E-state index is 0.0470. The molecule has 3 aromatic rings. The van der Waals surface area contributed by atoms with Crippen LogP contribution in [-0.2, 0) is 17.8 Å². The molecule has 4 aliphatic rings. The highest BCUT2D eigenvalue weighted by molar-refractivity contribution is 5.97. The van der Waals surface area contributed by atoms with Gasteiger partial charge in [0.1, 0.15) is 18.6 Å². The lowest BCUT2D eigenvalue weighted by Gasteiger charge is -2.38. The van der Waals surface area contributed by atoms with Crippen LogP contribution in [0.15, 0.2) is 48.6 Å². The molecular weight excluding hydrogens is 607 g/mol. The predicted octanol–water partition coefficient (Wildman–Crippen LogP) is 4.08. The van der Waals surface area contributed by atoms with Gasteiger partial charge in [-0.3, -0.25) is 14.6 Å². The van der Waals surface area contributed by atoms with E-state index in [4.69, 9.17) is 14.7 Å². The van der Waals surface area contributed by atoms with E-state index in [1.807, 2.05) is 15.9 Å². The van der Waals surface area contributed by atoms with E-state index in [-0.39, 0.29) is 31.5 Å². The average Bonchev–Trinajstić information content (AvgIpc) is 3.32. The number of likely N-dealkylation sites (tertiary alicyclic amines) is 2. The molecule has 3 saturated heterocycles. The number of amides is 1. The molecule has 0 aliphatic carbocycles. The molecule has 12 heteroatoms. The molecule has 4 aliphatic heterocycles. The molecule has 9 nitrogen and oxygen atoms in total. The summed E-state index contributed by atoms with van der Waals surface area (Å²) >= 11 is 0. The van der Waals surface area contributed by atoms with Gasteiger partial charge in [0.25, 0.3) is 5.92 Å². The first-order valence-electron chi connectivity index (χ1n) is 16.5. The van der Waals surface area contributed by atoms with Crippen LogP contribution in [0.3, 0.4) is 0 Å². The number of nitrogens with zero attached hydrogens (tertiary/aromatic N) is 7. The Bertz CT molecular complexity index is 1650. The number of carbonyl (C=O) groups is 1. The molecule has 1 amide bonds. The van der Waals surface area contributed by atoms with E-state index in [1.54, 1.807) is 18.0 Å². The number of anilines is 2. The summed E-state index contributed by atoms with van der Waals surface area (Å²) in [7, 11) is 1.69. The number of rotatable bonds is 8. The van der Waals surface area contributed by atoms with Crippen molar-refractivity contribution in [3.8, 4) is 6.01 Å². The molecule has 3 fully saturated rings. The third-order valence-corrected chi connectivity index (χ3v) is 9.93. The first-order valence-corrected chi connectivity index (χ1v) is 16.5. The van der Waals surface area contributed by atoms with E-state index in [1.165, 1.54) is 16.3 Å². The largest absolute Gasteiger partial charge is 0.462 e. The summed E-state index contributed by atoms with van der Waals surface area (Å²) in [5, 5.41) is 2.41. The Balaban J connectivity index is 1.10. The maximum atomic E-state index is 14.1. The molecule has 2 aromatic carbocycles. The molecule has 0 N–H and O–H groups in total. The topological polar surface area (TPSA) is 68.3 Å². The average molecular weight is 650 g/mol. The fraction of sp³-hybridized carbons (Fsp3) is 0.514. The smallest absolute Gasteiger partial charge is 0.318 e. The van der Waals surface area contributed by atoms with Gasteiger partial charge in [-0.25, -0.2) is 13.2 Å². The minimum atomic E-state index is -2.74. The molecular formula is C35H42F3N7O2. The molecule has 0 saturated carbocycles. The maximum Gasteiger partial charge on any atom is 0.318 e. The van der Waals surface area contributed by atoms with Crippen molar-refractivity contribution in [1.29, 1.82) is 0 Å². The zero-order valence-corrected chi connectivity index (χ0v) is 27.0. The van der Waals surface area contributed by atoms with Crippen LogP contribution in [0.5, 0.6) is 6.01 Å². The van der Waals surface area contributed by atoms with Crippen LogP contribution in [0.2, 0.25) is 0 Å². The summed E-state index contributed by atoms with van der Waals surface area (Å²) in [5.41, 5.74) is 4.30. The molecule has 0 radical (unpaired) electrons. The normalized spacial score (nSPS) is 22.2. The summed E-state index contributed by atoms with van der Waals surface area (Å²) in [6, 6.07) is 12.5. The lowest BCUT2D eigenvalue weighted by atomic mass is 9.99. The number of hydrogen-bond donors (Lipinski definition) is 0. The van der Waals surface area contributed by atoms with E-state index in [0.717, 1.165) is 35.7 Å². The summed E-state index contributed by atoms with van der Waals surface area (Å²) in [5.74, 6) is -1.99. The van der Waals surface area contributed by atoms with Crippen LogP contribution >= 0.6 is 0 Å². The van der Waals surface area contributed by atoms with Crippen LogP contribution in [0.25, 0.3) is 10.8 Å². The Morgan fingerprint density at radius 1 is 1.04 bits per heavy atom. The summed E-state index contributed by atoms with van der Waals surface area (Å²) < 4.78 is 47.3. The highest BCUT2D eigenvalue weighted by atomic mass is 19.3.